The molecule has 0 saturated heterocycles. The first kappa shape index (κ1) is 19.8. The van der Waals surface area contributed by atoms with Gasteiger partial charge in [0, 0.05) is 19.4 Å². The lowest BCUT2D eigenvalue weighted by atomic mass is 10.1. The molecule has 0 fully saturated rings. The number of unbranched alkanes of at least 4 members (excludes halogenated alkanes) is 8. The fourth-order valence-corrected chi connectivity index (χ4v) is 2.67. The van der Waals surface area contributed by atoms with Gasteiger partial charge in [-0.3, -0.25) is 4.98 Å². The molecule has 4 N–H and O–H groups in total. The van der Waals surface area contributed by atoms with E-state index < -0.39 is 0 Å². The van der Waals surface area contributed by atoms with Gasteiger partial charge in [0.25, 0.3) is 0 Å². The Labute approximate surface area is 142 Å². The predicted molar refractivity (Wildman–Crippen MR) is 99.4 cm³/mol. The highest BCUT2D eigenvalue weighted by atomic mass is 16.5. The average molecular weight is 322 g/mol. The van der Waals surface area contributed by atoms with Gasteiger partial charge >= 0.3 is 0 Å². The van der Waals surface area contributed by atoms with Crippen molar-refractivity contribution >= 4 is 11.4 Å². The van der Waals surface area contributed by atoms with Crippen molar-refractivity contribution in [1.29, 1.82) is 0 Å². The van der Waals surface area contributed by atoms with E-state index >= 15 is 0 Å². The van der Waals surface area contributed by atoms with Crippen LogP contribution in [0.5, 0.6) is 0 Å². The standard InChI is InChI=1S/C19H35N3O/c1-2-3-4-10-15-23-16-11-8-6-5-7-9-12-18-19(21)17(20)13-14-22-18/h13-14H,2-12,15-16,21H2,1H3,(H2,20,22). The third-order valence-corrected chi connectivity index (χ3v) is 4.20. The molecule has 0 amide bonds. The molecule has 0 bridgehead atoms. The van der Waals surface area contributed by atoms with Crippen LogP contribution in [0.3, 0.4) is 0 Å². The quantitative estimate of drug-likeness (QED) is 0.486. The molecule has 4 heteroatoms. The van der Waals surface area contributed by atoms with Gasteiger partial charge in [-0.15, -0.1) is 0 Å². The number of rotatable bonds is 14. The Morgan fingerprint density at radius 3 is 2.17 bits per heavy atom. The normalized spacial score (nSPS) is 11.0. The van der Waals surface area contributed by atoms with Crippen LogP contribution in [0.2, 0.25) is 0 Å². The van der Waals surface area contributed by atoms with E-state index in [1.807, 2.05) is 0 Å². The summed E-state index contributed by atoms with van der Waals surface area (Å²) in [6, 6.07) is 1.75. The summed E-state index contributed by atoms with van der Waals surface area (Å²) in [5.41, 5.74) is 14.0. The number of hydrogen-bond acceptors (Lipinski definition) is 4. The lowest BCUT2D eigenvalue weighted by molar-refractivity contribution is 0.125. The smallest absolute Gasteiger partial charge is 0.0766 e. The minimum atomic E-state index is 0.643. The molecule has 4 nitrogen and oxygen atoms in total. The van der Waals surface area contributed by atoms with Gasteiger partial charge in [-0.05, 0) is 31.7 Å². The molecular formula is C19H35N3O. The Morgan fingerprint density at radius 2 is 1.48 bits per heavy atom. The third kappa shape index (κ3) is 9.44. The van der Waals surface area contributed by atoms with Gasteiger partial charge in [0.15, 0.2) is 0 Å². The van der Waals surface area contributed by atoms with Gasteiger partial charge in [-0.25, -0.2) is 0 Å². The lowest BCUT2D eigenvalue weighted by Gasteiger charge is -2.07. The summed E-state index contributed by atoms with van der Waals surface area (Å²) in [5.74, 6) is 0. The summed E-state index contributed by atoms with van der Waals surface area (Å²) in [7, 11) is 0. The largest absolute Gasteiger partial charge is 0.397 e. The zero-order chi connectivity index (χ0) is 16.8. The van der Waals surface area contributed by atoms with Crippen LogP contribution in [0, 0.1) is 0 Å². The molecule has 23 heavy (non-hydrogen) atoms. The molecule has 132 valence electrons. The Balaban J connectivity index is 1.87. The van der Waals surface area contributed by atoms with Crippen LogP contribution in [0.1, 0.15) is 76.8 Å². The van der Waals surface area contributed by atoms with Crippen molar-refractivity contribution in [2.45, 2.75) is 77.6 Å². The fraction of sp³-hybridized carbons (Fsp3) is 0.737. The highest BCUT2D eigenvalue weighted by Gasteiger charge is 2.03. The number of hydrogen-bond donors (Lipinski definition) is 2. The zero-order valence-corrected chi connectivity index (χ0v) is 14.9. The van der Waals surface area contributed by atoms with E-state index in [4.69, 9.17) is 16.2 Å². The molecule has 0 saturated carbocycles. The van der Waals surface area contributed by atoms with Crippen LogP contribution in [0.4, 0.5) is 11.4 Å². The summed E-state index contributed by atoms with van der Waals surface area (Å²) in [6.45, 7) is 4.10. The fourth-order valence-electron chi connectivity index (χ4n) is 2.67. The number of pyridine rings is 1. The molecule has 0 unspecified atom stereocenters. The molecule has 0 atom stereocenters. The van der Waals surface area contributed by atoms with E-state index in [2.05, 4.69) is 11.9 Å². The van der Waals surface area contributed by atoms with Crippen molar-refractivity contribution in [2.75, 3.05) is 24.7 Å². The van der Waals surface area contributed by atoms with Crippen LogP contribution in [-0.4, -0.2) is 18.2 Å². The molecule has 1 aromatic heterocycles. The maximum absolute atomic E-state index is 5.93. The Morgan fingerprint density at radius 1 is 0.870 bits per heavy atom. The van der Waals surface area contributed by atoms with E-state index in [0.717, 1.165) is 31.7 Å². The molecule has 0 spiro atoms. The van der Waals surface area contributed by atoms with Crippen molar-refractivity contribution in [1.82, 2.24) is 4.98 Å². The second-order valence-corrected chi connectivity index (χ2v) is 6.30. The summed E-state index contributed by atoms with van der Waals surface area (Å²) in [5, 5.41) is 0. The number of anilines is 2. The molecule has 1 aromatic rings. The number of ether oxygens (including phenoxy) is 1. The van der Waals surface area contributed by atoms with Gasteiger partial charge in [-0.2, -0.15) is 0 Å². The number of aromatic nitrogens is 1. The first-order chi connectivity index (χ1) is 11.3. The van der Waals surface area contributed by atoms with Crippen LogP contribution in [-0.2, 0) is 11.2 Å². The van der Waals surface area contributed by atoms with Gasteiger partial charge in [0.1, 0.15) is 0 Å². The summed E-state index contributed by atoms with van der Waals surface area (Å²) in [6.07, 6.45) is 15.2. The highest BCUT2D eigenvalue weighted by molar-refractivity contribution is 5.64. The topological polar surface area (TPSA) is 74.2 Å². The van der Waals surface area contributed by atoms with Gasteiger partial charge < -0.3 is 16.2 Å². The summed E-state index contributed by atoms with van der Waals surface area (Å²) in [4.78, 5) is 4.31. The van der Waals surface area contributed by atoms with Gasteiger partial charge in [0.2, 0.25) is 0 Å². The minimum Gasteiger partial charge on any atom is -0.397 e. The van der Waals surface area contributed by atoms with Crippen molar-refractivity contribution in [3.63, 3.8) is 0 Å². The van der Waals surface area contributed by atoms with Crippen molar-refractivity contribution in [3.8, 4) is 0 Å². The van der Waals surface area contributed by atoms with Crippen molar-refractivity contribution in [2.24, 2.45) is 0 Å². The highest BCUT2D eigenvalue weighted by Crippen LogP contribution is 2.19. The molecule has 1 heterocycles. The summed E-state index contributed by atoms with van der Waals surface area (Å²) >= 11 is 0. The van der Waals surface area contributed by atoms with E-state index in [1.165, 1.54) is 57.8 Å². The number of nitrogen functional groups attached to an aromatic ring is 2. The molecule has 0 aliphatic carbocycles. The SMILES string of the molecule is CCCCCCOCCCCCCCCc1nccc(N)c1N. The molecule has 0 aliphatic rings. The van der Waals surface area contributed by atoms with E-state index in [-0.39, 0.29) is 0 Å². The van der Waals surface area contributed by atoms with Crippen molar-refractivity contribution in [3.05, 3.63) is 18.0 Å². The first-order valence-electron chi connectivity index (χ1n) is 9.32. The second kappa shape index (κ2) is 13.2. The maximum Gasteiger partial charge on any atom is 0.0766 e. The lowest BCUT2D eigenvalue weighted by Crippen LogP contribution is -2.02. The Bertz CT molecular complexity index is 410. The van der Waals surface area contributed by atoms with E-state index in [9.17, 15) is 0 Å². The van der Waals surface area contributed by atoms with Crippen LogP contribution < -0.4 is 11.5 Å². The number of nitrogens with zero attached hydrogens (tertiary/aromatic N) is 1. The van der Waals surface area contributed by atoms with Crippen LogP contribution >= 0.6 is 0 Å². The number of nitrogens with two attached hydrogens (primary N) is 2. The van der Waals surface area contributed by atoms with Gasteiger partial charge in [0.05, 0.1) is 17.1 Å². The zero-order valence-electron chi connectivity index (χ0n) is 14.9. The van der Waals surface area contributed by atoms with Crippen molar-refractivity contribution < 1.29 is 4.74 Å². The second-order valence-electron chi connectivity index (χ2n) is 6.30. The van der Waals surface area contributed by atoms with Crippen LogP contribution in [0.15, 0.2) is 12.3 Å². The third-order valence-electron chi connectivity index (χ3n) is 4.20. The average Bonchev–Trinajstić information content (AvgIpc) is 2.55. The van der Waals surface area contributed by atoms with E-state index in [0.29, 0.717) is 11.4 Å². The minimum absolute atomic E-state index is 0.643. The molecular weight excluding hydrogens is 286 g/mol. The predicted octanol–water partition coefficient (Wildman–Crippen LogP) is 4.73. The Hall–Kier alpha value is -1.29. The monoisotopic (exact) mass is 321 g/mol. The maximum atomic E-state index is 5.93. The number of aryl methyl sites for hydroxylation is 1. The first-order valence-corrected chi connectivity index (χ1v) is 9.32. The molecule has 0 radical (unpaired) electrons. The van der Waals surface area contributed by atoms with E-state index in [1.54, 1.807) is 12.3 Å². The molecule has 0 aliphatic heterocycles. The van der Waals surface area contributed by atoms with Crippen LogP contribution in [0.25, 0.3) is 0 Å². The molecule has 0 aromatic carbocycles. The Kier molecular flexibility index (Phi) is 11.3. The van der Waals surface area contributed by atoms with Gasteiger partial charge in [-0.1, -0.05) is 51.9 Å². The molecule has 1 rings (SSSR count). The summed E-state index contributed by atoms with van der Waals surface area (Å²) < 4.78 is 5.66.